The Kier molecular flexibility index (Phi) is 5.81. The van der Waals surface area contributed by atoms with Gasteiger partial charge in [-0.15, -0.1) is 0 Å². The van der Waals surface area contributed by atoms with Crippen LogP contribution in [-0.4, -0.2) is 67.7 Å². The van der Waals surface area contributed by atoms with Gasteiger partial charge in [-0.25, -0.2) is 9.20 Å². The minimum absolute atomic E-state index is 0.104. The van der Waals surface area contributed by atoms with Crippen LogP contribution in [0.1, 0.15) is 25.1 Å². The Labute approximate surface area is 206 Å². The first-order valence-corrected chi connectivity index (χ1v) is 11.9. The van der Waals surface area contributed by atoms with E-state index in [1.165, 1.54) is 12.4 Å². The summed E-state index contributed by atoms with van der Waals surface area (Å²) >= 11 is 0. The number of ether oxygens (including phenoxy) is 2. The van der Waals surface area contributed by atoms with Crippen molar-refractivity contribution in [2.75, 3.05) is 25.6 Å². The normalized spacial score (nSPS) is 22.3. The smallest absolute Gasteiger partial charge is 0.333 e. The Morgan fingerprint density at radius 2 is 1.94 bits per heavy atom. The van der Waals surface area contributed by atoms with E-state index in [0.717, 1.165) is 54.1 Å². The van der Waals surface area contributed by atoms with Crippen LogP contribution >= 0.6 is 0 Å². The van der Waals surface area contributed by atoms with E-state index in [1.54, 1.807) is 4.52 Å². The number of nitrogens with one attached hydrogen (secondary N) is 1. The van der Waals surface area contributed by atoms with E-state index in [1.807, 2.05) is 43.6 Å². The van der Waals surface area contributed by atoms with Crippen LogP contribution in [0, 0.1) is 6.92 Å². The van der Waals surface area contributed by atoms with Crippen LogP contribution in [0.2, 0.25) is 0 Å². The Hall–Kier alpha value is -3.57. The molecular formula is C25H27F2N7O2. The van der Waals surface area contributed by atoms with Gasteiger partial charge in [0.05, 0.1) is 43.0 Å². The van der Waals surface area contributed by atoms with Crippen molar-refractivity contribution in [1.82, 2.24) is 29.3 Å². The van der Waals surface area contributed by atoms with Crippen LogP contribution in [0.3, 0.4) is 0 Å². The summed E-state index contributed by atoms with van der Waals surface area (Å²) in [4.78, 5) is 6.91. The van der Waals surface area contributed by atoms with E-state index < -0.39 is 6.55 Å². The van der Waals surface area contributed by atoms with Gasteiger partial charge in [0, 0.05) is 48.4 Å². The molecule has 2 unspecified atom stereocenters. The number of aromatic nitrogens is 5. The number of anilines is 2. The van der Waals surface area contributed by atoms with Crippen LogP contribution in [0.4, 0.5) is 20.3 Å². The molecule has 36 heavy (non-hydrogen) atoms. The third kappa shape index (κ3) is 4.40. The minimum Gasteiger partial charge on any atom is -0.488 e. The third-order valence-electron chi connectivity index (χ3n) is 6.99. The zero-order chi connectivity index (χ0) is 24.8. The fourth-order valence-corrected chi connectivity index (χ4v) is 5.07. The molecular weight excluding hydrogens is 468 g/mol. The van der Waals surface area contributed by atoms with Gasteiger partial charge in [0.1, 0.15) is 11.9 Å². The highest BCUT2D eigenvalue weighted by atomic mass is 19.3. The van der Waals surface area contributed by atoms with Crippen molar-refractivity contribution in [2.45, 2.75) is 44.5 Å². The highest BCUT2D eigenvalue weighted by molar-refractivity contribution is 5.75. The molecule has 2 aliphatic heterocycles. The quantitative estimate of drug-likeness (QED) is 0.428. The molecule has 0 aromatic carbocycles. The molecule has 2 atom stereocenters. The first-order valence-electron chi connectivity index (χ1n) is 11.9. The molecule has 0 spiro atoms. The van der Waals surface area contributed by atoms with Crippen molar-refractivity contribution in [3.05, 3.63) is 54.7 Å². The maximum Gasteiger partial charge on any atom is 0.333 e. The molecule has 0 aliphatic carbocycles. The number of rotatable bonds is 6. The Bertz CT molecular complexity index is 1370. The molecule has 11 heteroatoms. The first kappa shape index (κ1) is 22.9. The monoisotopic (exact) mass is 495 g/mol. The summed E-state index contributed by atoms with van der Waals surface area (Å²) in [5.41, 5.74) is 4.14. The van der Waals surface area contributed by atoms with Gasteiger partial charge in [-0.05, 0) is 37.7 Å². The van der Waals surface area contributed by atoms with E-state index in [4.69, 9.17) is 9.47 Å². The maximum absolute atomic E-state index is 12.8. The molecule has 9 nitrogen and oxygen atoms in total. The third-order valence-corrected chi connectivity index (χ3v) is 6.99. The number of morpholine rings is 1. The minimum atomic E-state index is -2.69. The van der Waals surface area contributed by atoms with E-state index >= 15 is 0 Å². The summed E-state index contributed by atoms with van der Waals surface area (Å²) in [5, 5.41) is 11.2. The summed E-state index contributed by atoms with van der Waals surface area (Å²) in [6.45, 7) is 0.752. The Balaban J connectivity index is 1.26. The summed E-state index contributed by atoms with van der Waals surface area (Å²) in [6.07, 6.45) is 8.20. The number of piperidine rings is 1. The predicted molar refractivity (Wildman–Crippen MR) is 130 cm³/mol. The average molecular weight is 496 g/mol. The average Bonchev–Trinajstić information content (AvgIpc) is 3.47. The van der Waals surface area contributed by atoms with Crippen LogP contribution in [-0.2, 0) is 4.74 Å². The molecule has 4 aromatic rings. The number of hydrogen-bond donors (Lipinski definition) is 1. The number of hydrogen-bond acceptors (Lipinski definition) is 7. The van der Waals surface area contributed by atoms with Crippen LogP contribution < -0.4 is 10.1 Å². The second kappa shape index (κ2) is 9.14. The number of fused-ring (bicyclic) bond motifs is 3. The molecule has 188 valence electrons. The van der Waals surface area contributed by atoms with E-state index in [0.29, 0.717) is 28.3 Å². The molecule has 6 rings (SSSR count). The van der Waals surface area contributed by atoms with Crippen molar-refractivity contribution in [3.63, 3.8) is 0 Å². The SMILES string of the molecule is Cc1cc(-c2ccn3nc(Nc4cnn(C(F)F)c4)cc3c2)c(OC2CC3COCC(C2)N3C)cn1. The van der Waals surface area contributed by atoms with E-state index in [9.17, 15) is 8.78 Å². The lowest BCUT2D eigenvalue weighted by molar-refractivity contribution is -0.0879. The van der Waals surface area contributed by atoms with Crippen LogP contribution in [0.15, 0.2) is 49.1 Å². The summed E-state index contributed by atoms with van der Waals surface area (Å²) < 4.78 is 40.2. The van der Waals surface area contributed by atoms with Crippen molar-refractivity contribution in [2.24, 2.45) is 0 Å². The molecule has 0 amide bonds. The molecule has 0 saturated carbocycles. The Morgan fingerprint density at radius 1 is 1.14 bits per heavy atom. The standard InChI is InChI=1S/C25H27F2N7O2/c1-15-5-22(23(11-28-15)36-21-7-19-13-35-14-20(8-21)32(19)2)16-3-4-33-18(6-16)9-24(31-33)30-17-10-29-34(12-17)25(26)27/h3-6,9-12,19-21,25H,7-8,13-14H2,1-2H3,(H,30,31). The lowest BCUT2D eigenvalue weighted by Gasteiger charge is -2.46. The maximum atomic E-state index is 12.8. The molecule has 2 aliphatic rings. The fourth-order valence-electron chi connectivity index (χ4n) is 5.07. The molecule has 4 aromatic heterocycles. The van der Waals surface area contributed by atoms with Crippen molar-refractivity contribution < 1.29 is 18.3 Å². The zero-order valence-corrected chi connectivity index (χ0v) is 20.0. The van der Waals surface area contributed by atoms with E-state index in [-0.39, 0.29) is 6.10 Å². The first-order chi connectivity index (χ1) is 17.4. The number of alkyl halides is 2. The number of pyridine rings is 2. The molecule has 2 fully saturated rings. The molecule has 0 radical (unpaired) electrons. The summed E-state index contributed by atoms with van der Waals surface area (Å²) in [6, 6.07) is 8.64. The molecule has 2 bridgehead atoms. The van der Waals surface area contributed by atoms with Gasteiger partial charge < -0.3 is 14.8 Å². The lowest BCUT2D eigenvalue weighted by Crippen LogP contribution is -2.57. The van der Waals surface area contributed by atoms with E-state index in [2.05, 4.69) is 32.4 Å². The number of halogens is 2. The van der Waals surface area contributed by atoms with Gasteiger partial charge in [0.15, 0.2) is 5.82 Å². The van der Waals surface area contributed by atoms with Gasteiger partial charge >= 0.3 is 6.55 Å². The van der Waals surface area contributed by atoms with Crippen molar-refractivity contribution in [1.29, 1.82) is 0 Å². The van der Waals surface area contributed by atoms with Crippen LogP contribution in [0.25, 0.3) is 16.6 Å². The highest BCUT2D eigenvalue weighted by Gasteiger charge is 2.38. The summed E-state index contributed by atoms with van der Waals surface area (Å²) in [5.74, 6) is 1.29. The van der Waals surface area contributed by atoms with Crippen LogP contribution in [0.5, 0.6) is 5.75 Å². The molecule has 2 saturated heterocycles. The largest absolute Gasteiger partial charge is 0.488 e. The van der Waals surface area contributed by atoms with Gasteiger partial charge in [-0.1, -0.05) is 0 Å². The van der Waals surface area contributed by atoms with Gasteiger partial charge in [0.2, 0.25) is 0 Å². The van der Waals surface area contributed by atoms with Gasteiger partial charge in [-0.3, -0.25) is 9.88 Å². The van der Waals surface area contributed by atoms with Crippen molar-refractivity contribution in [3.8, 4) is 16.9 Å². The van der Waals surface area contributed by atoms with Gasteiger partial charge in [0.25, 0.3) is 0 Å². The number of aryl methyl sites for hydroxylation is 1. The number of nitrogens with zero attached hydrogens (tertiary/aromatic N) is 6. The lowest BCUT2D eigenvalue weighted by atomic mass is 9.92. The fraction of sp³-hybridized carbons (Fsp3) is 0.400. The molecule has 1 N–H and O–H groups in total. The van der Waals surface area contributed by atoms with Crippen molar-refractivity contribution >= 4 is 17.0 Å². The Morgan fingerprint density at radius 3 is 2.69 bits per heavy atom. The highest BCUT2D eigenvalue weighted by Crippen LogP contribution is 2.35. The second-order valence-corrected chi connectivity index (χ2v) is 9.47. The molecule has 6 heterocycles. The predicted octanol–water partition coefficient (Wildman–Crippen LogP) is 4.28. The van der Waals surface area contributed by atoms with Gasteiger partial charge in [-0.2, -0.15) is 19.0 Å². The second-order valence-electron chi connectivity index (χ2n) is 9.47. The topological polar surface area (TPSA) is 81.7 Å². The number of likely N-dealkylation sites (N-methyl/N-ethyl adjacent to an activating group) is 1. The zero-order valence-electron chi connectivity index (χ0n) is 20.0. The summed E-state index contributed by atoms with van der Waals surface area (Å²) in [7, 11) is 2.17.